The van der Waals surface area contributed by atoms with Gasteiger partial charge < -0.3 is 14.2 Å². The van der Waals surface area contributed by atoms with E-state index in [1.165, 1.54) is 13.2 Å². The number of hydrogen-bond acceptors (Lipinski definition) is 6. The van der Waals surface area contributed by atoms with Gasteiger partial charge in [0.25, 0.3) is 0 Å². The summed E-state index contributed by atoms with van der Waals surface area (Å²) in [4.78, 5) is 30.8. The van der Waals surface area contributed by atoms with Gasteiger partial charge in [-0.25, -0.2) is 4.39 Å². The number of esters is 1. The Bertz CT molecular complexity index is 1170. The van der Waals surface area contributed by atoms with Gasteiger partial charge in [-0.05, 0) is 48.6 Å². The average molecular weight is 451 g/mol. The number of ketones is 1. The van der Waals surface area contributed by atoms with Crippen LogP contribution < -0.4 is 9.47 Å². The van der Waals surface area contributed by atoms with Crippen molar-refractivity contribution in [3.8, 4) is 11.5 Å². The molecule has 2 aromatic carbocycles. The zero-order chi connectivity index (χ0) is 23.7. The van der Waals surface area contributed by atoms with Gasteiger partial charge in [-0.1, -0.05) is 24.3 Å². The molecular weight excluding hydrogens is 425 g/mol. The molecule has 172 valence electrons. The number of benzene rings is 2. The highest BCUT2D eigenvalue weighted by atomic mass is 19.1. The lowest BCUT2D eigenvalue weighted by molar-refractivity contribution is -0.143. The van der Waals surface area contributed by atoms with Gasteiger partial charge in [0, 0.05) is 29.3 Å². The zero-order valence-electron chi connectivity index (χ0n) is 19.1. The first kappa shape index (κ1) is 22.7. The molecule has 1 unspecified atom stereocenters. The Balaban J connectivity index is 1.80. The molecule has 2 aliphatic rings. The van der Waals surface area contributed by atoms with E-state index in [-0.39, 0.29) is 18.1 Å². The lowest BCUT2D eigenvalue weighted by Crippen LogP contribution is -2.38. The number of aliphatic imine (C=N–C) groups is 1. The van der Waals surface area contributed by atoms with Gasteiger partial charge in [0.15, 0.2) is 17.3 Å². The Morgan fingerprint density at radius 1 is 1.03 bits per heavy atom. The highest BCUT2D eigenvalue weighted by Crippen LogP contribution is 2.47. The number of carbonyl (C=O) groups excluding carboxylic acids is 2. The van der Waals surface area contributed by atoms with Crippen molar-refractivity contribution in [3.63, 3.8) is 0 Å². The number of halogens is 1. The molecular formula is C26H26FNO5. The largest absolute Gasteiger partial charge is 0.493 e. The molecule has 0 saturated carbocycles. The van der Waals surface area contributed by atoms with Crippen LogP contribution in [0.4, 0.5) is 4.39 Å². The van der Waals surface area contributed by atoms with E-state index in [9.17, 15) is 14.0 Å². The number of ether oxygens (including phenoxy) is 3. The molecule has 3 atom stereocenters. The summed E-state index contributed by atoms with van der Waals surface area (Å²) in [6.45, 7) is 1.73. The molecule has 1 heterocycles. The maximum Gasteiger partial charge on any atom is 0.315 e. The van der Waals surface area contributed by atoms with Crippen molar-refractivity contribution in [3.05, 3.63) is 70.7 Å². The first-order chi connectivity index (χ1) is 15.9. The highest BCUT2D eigenvalue weighted by Gasteiger charge is 2.45. The van der Waals surface area contributed by atoms with Crippen molar-refractivity contribution in [2.75, 3.05) is 21.3 Å². The Labute approximate surface area is 192 Å². The van der Waals surface area contributed by atoms with Gasteiger partial charge in [-0.3, -0.25) is 14.6 Å². The van der Waals surface area contributed by atoms with Crippen LogP contribution in [0.25, 0.3) is 0 Å². The van der Waals surface area contributed by atoms with Crippen molar-refractivity contribution < 1.29 is 28.2 Å². The monoisotopic (exact) mass is 451 g/mol. The molecule has 0 radical (unpaired) electrons. The van der Waals surface area contributed by atoms with Crippen LogP contribution in [0.5, 0.6) is 11.5 Å². The lowest BCUT2D eigenvalue weighted by atomic mass is 9.69. The summed E-state index contributed by atoms with van der Waals surface area (Å²) in [5.41, 5.74) is 2.73. The summed E-state index contributed by atoms with van der Waals surface area (Å²) >= 11 is 0. The molecule has 0 bridgehead atoms. The molecule has 0 saturated heterocycles. The predicted octanol–water partition coefficient (Wildman–Crippen LogP) is 4.59. The van der Waals surface area contributed by atoms with Crippen LogP contribution in [0.15, 0.2) is 58.7 Å². The molecule has 0 fully saturated rings. The smallest absolute Gasteiger partial charge is 0.315 e. The Hall–Kier alpha value is -3.48. The van der Waals surface area contributed by atoms with Crippen LogP contribution in [0.1, 0.15) is 42.7 Å². The third-order valence-electron chi connectivity index (χ3n) is 6.46. The third-order valence-corrected chi connectivity index (χ3v) is 6.46. The quantitative estimate of drug-likeness (QED) is 0.622. The Morgan fingerprint density at radius 2 is 1.76 bits per heavy atom. The normalized spacial score (nSPS) is 22.4. The second-order valence-corrected chi connectivity index (χ2v) is 8.26. The van der Waals surface area contributed by atoms with E-state index in [4.69, 9.17) is 14.2 Å². The zero-order valence-corrected chi connectivity index (χ0v) is 19.1. The first-order valence-electron chi connectivity index (χ1n) is 10.7. The number of methoxy groups -OCH3 is 3. The van der Waals surface area contributed by atoms with E-state index in [1.54, 1.807) is 39.3 Å². The SMILES string of the molecule is COC(=O)C1C(C)=NC2=C(C(=O)C[C@H](c3ccc(OC)c(OC)c3)C2)[C@H]1c1ccccc1F. The number of Topliss-reactive ketones (excluding diaryl/α,β-unsaturated/α-hetero) is 1. The van der Waals surface area contributed by atoms with Gasteiger partial charge >= 0.3 is 5.97 Å². The van der Waals surface area contributed by atoms with Crippen LogP contribution in [0, 0.1) is 11.7 Å². The molecule has 33 heavy (non-hydrogen) atoms. The second-order valence-electron chi connectivity index (χ2n) is 8.26. The second kappa shape index (κ2) is 9.17. The van der Waals surface area contributed by atoms with Gasteiger partial charge in [-0.2, -0.15) is 0 Å². The van der Waals surface area contributed by atoms with E-state index in [1.807, 2.05) is 18.2 Å². The number of hydrogen-bond donors (Lipinski definition) is 0. The minimum Gasteiger partial charge on any atom is -0.493 e. The van der Waals surface area contributed by atoms with Gasteiger partial charge in [0.05, 0.1) is 21.3 Å². The summed E-state index contributed by atoms with van der Waals surface area (Å²) in [6, 6.07) is 11.8. The van der Waals surface area contributed by atoms with Crippen LogP contribution in [0.2, 0.25) is 0 Å². The molecule has 0 N–H and O–H groups in total. The number of nitrogens with zero attached hydrogens (tertiary/aromatic N) is 1. The fraction of sp³-hybridized carbons (Fsp3) is 0.346. The number of carbonyl (C=O) groups is 2. The fourth-order valence-corrected chi connectivity index (χ4v) is 4.90. The minimum atomic E-state index is -0.854. The van der Waals surface area contributed by atoms with Crippen molar-refractivity contribution in [2.45, 2.75) is 31.6 Å². The maximum atomic E-state index is 14.9. The summed E-state index contributed by atoms with van der Waals surface area (Å²) in [5.74, 6) is -1.70. The molecule has 1 aliphatic heterocycles. The van der Waals surface area contributed by atoms with Crippen LogP contribution in [0.3, 0.4) is 0 Å². The first-order valence-corrected chi connectivity index (χ1v) is 10.7. The molecule has 0 spiro atoms. The van der Waals surface area contributed by atoms with E-state index >= 15 is 0 Å². The predicted molar refractivity (Wildman–Crippen MR) is 121 cm³/mol. The molecule has 6 nitrogen and oxygen atoms in total. The Kier molecular flexibility index (Phi) is 6.31. The van der Waals surface area contributed by atoms with Gasteiger partial charge in [-0.15, -0.1) is 0 Å². The standard InChI is InChI=1S/C26H26FNO5/c1-14-23(26(30)33-4)24(17-7-5-6-8-18(17)27)25-19(28-14)11-16(12-20(25)29)15-9-10-21(31-2)22(13-15)32-3/h5-10,13,16,23-24H,11-12H2,1-4H3/t16-,23?,24+/m1/s1. The van der Waals surface area contributed by atoms with Crippen molar-refractivity contribution in [1.82, 2.24) is 0 Å². The van der Waals surface area contributed by atoms with E-state index < -0.39 is 23.6 Å². The fourth-order valence-electron chi connectivity index (χ4n) is 4.90. The van der Waals surface area contributed by atoms with Crippen molar-refractivity contribution in [1.29, 1.82) is 0 Å². The van der Waals surface area contributed by atoms with Crippen LogP contribution in [-0.2, 0) is 14.3 Å². The van der Waals surface area contributed by atoms with Crippen molar-refractivity contribution in [2.24, 2.45) is 10.9 Å². The topological polar surface area (TPSA) is 74.2 Å². The average Bonchev–Trinajstić information content (AvgIpc) is 2.82. The van der Waals surface area contributed by atoms with E-state index in [0.29, 0.717) is 40.5 Å². The van der Waals surface area contributed by atoms with Gasteiger partial charge in [0.2, 0.25) is 0 Å². The molecule has 1 aliphatic carbocycles. The Morgan fingerprint density at radius 3 is 2.42 bits per heavy atom. The van der Waals surface area contributed by atoms with Crippen LogP contribution in [-0.4, -0.2) is 38.8 Å². The highest BCUT2D eigenvalue weighted by molar-refractivity contribution is 6.09. The van der Waals surface area contributed by atoms with E-state index in [0.717, 1.165) is 5.56 Å². The third kappa shape index (κ3) is 4.03. The van der Waals surface area contributed by atoms with Gasteiger partial charge in [0.1, 0.15) is 11.7 Å². The number of rotatable bonds is 5. The molecule has 0 aromatic heterocycles. The molecule has 2 aromatic rings. The summed E-state index contributed by atoms with van der Waals surface area (Å²) < 4.78 is 30.6. The minimum absolute atomic E-state index is 0.122. The summed E-state index contributed by atoms with van der Waals surface area (Å²) in [7, 11) is 4.42. The summed E-state index contributed by atoms with van der Waals surface area (Å²) in [5, 5.41) is 0. The van der Waals surface area contributed by atoms with Crippen molar-refractivity contribution >= 4 is 17.5 Å². The number of allylic oxidation sites excluding steroid dienone is 2. The maximum absolute atomic E-state index is 14.9. The van der Waals surface area contributed by atoms with E-state index in [2.05, 4.69) is 4.99 Å². The molecule has 0 amide bonds. The summed E-state index contributed by atoms with van der Waals surface area (Å²) in [6.07, 6.45) is 0.717. The van der Waals surface area contributed by atoms with Crippen LogP contribution >= 0.6 is 0 Å². The molecule has 4 rings (SSSR count). The lowest BCUT2D eigenvalue weighted by Gasteiger charge is -2.36. The molecule has 7 heteroatoms.